The van der Waals surface area contributed by atoms with E-state index in [1.807, 2.05) is 0 Å². The van der Waals surface area contributed by atoms with E-state index in [2.05, 4.69) is 10.3 Å². The van der Waals surface area contributed by atoms with Crippen molar-refractivity contribution in [1.29, 1.82) is 0 Å². The molecule has 0 bridgehead atoms. The summed E-state index contributed by atoms with van der Waals surface area (Å²) >= 11 is 0. The van der Waals surface area contributed by atoms with Gasteiger partial charge in [0.25, 0.3) is 5.69 Å². The number of benzene rings is 1. The minimum absolute atomic E-state index is 0.0157. The number of guanidine groups is 1. The second-order valence-corrected chi connectivity index (χ2v) is 5.13. The highest BCUT2D eigenvalue weighted by Gasteiger charge is 2.17. The Hall–Kier alpha value is -2.31. The fourth-order valence-corrected chi connectivity index (χ4v) is 2.17. The third kappa shape index (κ3) is 4.08. The van der Waals surface area contributed by atoms with Gasteiger partial charge in [-0.25, -0.2) is 4.99 Å². The lowest BCUT2D eigenvalue weighted by molar-refractivity contribution is -0.384. The zero-order valence-corrected chi connectivity index (χ0v) is 12.0. The van der Waals surface area contributed by atoms with Crippen molar-refractivity contribution in [3.05, 3.63) is 33.9 Å². The number of aliphatic imine (C=N–C) groups is 1. The Kier molecular flexibility index (Phi) is 4.97. The van der Waals surface area contributed by atoms with Gasteiger partial charge >= 0.3 is 0 Å². The topological polar surface area (TPSA) is 103 Å². The molecule has 0 spiro atoms. The minimum atomic E-state index is -0.440. The Balaban J connectivity index is 1.99. The number of hydrogen-bond donors (Lipinski definition) is 2. The van der Waals surface area contributed by atoms with Crippen molar-refractivity contribution in [2.45, 2.75) is 25.8 Å². The van der Waals surface area contributed by atoms with Gasteiger partial charge in [-0.3, -0.25) is 10.1 Å². The van der Waals surface area contributed by atoms with Crippen molar-refractivity contribution in [2.75, 3.05) is 13.7 Å². The normalized spacial score (nSPS) is 15.4. The van der Waals surface area contributed by atoms with Crippen LogP contribution in [0.5, 0.6) is 5.75 Å². The highest BCUT2D eigenvalue weighted by atomic mass is 16.6. The number of nitro benzene ring substituents is 1. The quantitative estimate of drug-likeness (QED) is 0.360. The number of hydrogen-bond acceptors (Lipinski definition) is 4. The molecule has 1 aromatic carbocycles. The van der Waals surface area contributed by atoms with Gasteiger partial charge in [0.1, 0.15) is 5.75 Å². The van der Waals surface area contributed by atoms with E-state index >= 15 is 0 Å². The molecule has 0 saturated heterocycles. The Morgan fingerprint density at radius 1 is 1.57 bits per heavy atom. The molecule has 0 radical (unpaired) electrons. The van der Waals surface area contributed by atoms with Crippen molar-refractivity contribution in [1.82, 2.24) is 5.32 Å². The molecule has 0 unspecified atom stereocenters. The number of nitrogens with one attached hydrogen (secondary N) is 1. The highest BCUT2D eigenvalue weighted by Crippen LogP contribution is 2.25. The maximum Gasteiger partial charge on any atom is 0.270 e. The molecule has 7 heteroatoms. The second-order valence-electron chi connectivity index (χ2n) is 5.13. The van der Waals surface area contributed by atoms with Gasteiger partial charge in [-0.2, -0.15) is 0 Å². The monoisotopic (exact) mass is 292 g/mol. The second kappa shape index (κ2) is 6.92. The number of rotatable bonds is 6. The summed E-state index contributed by atoms with van der Waals surface area (Å²) in [7, 11) is 1.52. The first-order valence-electron chi connectivity index (χ1n) is 6.95. The zero-order chi connectivity index (χ0) is 15.2. The third-order valence-corrected chi connectivity index (χ3v) is 3.69. The Morgan fingerprint density at radius 2 is 2.33 bits per heavy atom. The van der Waals surface area contributed by atoms with Crippen LogP contribution in [0, 0.1) is 16.0 Å². The average molecular weight is 292 g/mol. The standard InChI is InChI=1S/C14H20N4O3/c1-21-13-6-5-12(18(19)20)7-11(13)9-17-14(15)16-8-10-3-2-4-10/h5-7,10H,2-4,8-9H2,1H3,(H3,15,16,17). The molecule has 0 heterocycles. The lowest BCUT2D eigenvalue weighted by Crippen LogP contribution is -2.37. The largest absolute Gasteiger partial charge is 0.496 e. The molecular formula is C14H20N4O3. The molecule has 0 aromatic heterocycles. The van der Waals surface area contributed by atoms with Gasteiger partial charge in [0.05, 0.1) is 18.6 Å². The molecule has 0 atom stereocenters. The lowest BCUT2D eigenvalue weighted by atomic mass is 9.85. The molecule has 3 N–H and O–H groups in total. The molecule has 7 nitrogen and oxygen atoms in total. The van der Waals surface area contributed by atoms with Gasteiger partial charge in [-0.05, 0) is 24.8 Å². The van der Waals surface area contributed by atoms with Crippen LogP contribution < -0.4 is 15.8 Å². The van der Waals surface area contributed by atoms with Crippen LogP contribution in [-0.2, 0) is 6.54 Å². The molecule has 114 valence electrons. The summed E-state index contributed by atoms with van der Waals surface area (Å²) in [6, 6.07) is 4.44. The fraction of sp³-hybridized carbons (Fsp3) is 0.500. The fourth-order valence-electron chi connectivity index (χ4n) is 2.17. The van der Waals surface area contributed by atoms with Gasteiger partial charge in [0.15, 0.2) is 5.96 Å². The molecule has 1 aliphatic carbocycles. The van der Waals surface area contributed by atoms with Crippen molar-refractivity contribution in [3.63, 3.8) is 0 Å². The van der Waals surface area contributed by atoms with Gasteiger partial charge < -0.3 is 15.8 Å². The predicted molar refractivity (Wildman–Crippen MR) is 80.3 cm³/mol. The third-order valence-electron chi connectivity index (χ3n) is 3.69. The van der Waals surface area contributed by atoms with Crippen LogP contribution in [0.2, 0.25) is 0 Å². The SMILES string of the molecule is COc1ccc([N+](=O)[O-])cc1CN=C(N)NCC1CCC1. The summed E-state index contributed by atoms with van der Waals surface area (Å²) in [5, 5.41) is 13.9. The first kappa shape index (κ1) is 15.1. The van der Waals surface area contributed by atoms with Gasteiger partial charge in [0, 0.05) is 24.2 Å². The van der Waals surface area contributed by atoms with Gasteiger partial charge in [0.2, 0.25) is 0 Å². The maximum absolute atomic E-state index is 10.8. The Bertz CT molecular complexity index is 541. The van der Waals surface area contributed by atoms with Crippen molar-refractivity contribution < 1.29 is 9.66 Å². The molecule has 1 aliphatic rings. The van der Waals surface area contributed by atoms with E-state index in [4.69, 9.17) is 10.5 Å². The molecule has 0 amide bonds. The van der Waals surface area contributed by atoms with Crippen LogP contribution in [0.15, 0.2) is 23.2 Å². The van der Waals surface area contributed by atoms with Crippen LogP contribution in [0.25, 0.3) is 0 Å². The van der Waals surface area contributed by atoms with E-state index in [0.717, 1.165) is 6.54 Å². The van der Waals surface area contributed by atoms with E-state index in [1.165, 1.54) is 38.5 Å². The molecule has 1 fully saturated rings. The predicted octanol–water partition coefficient (Wildman–Crippen LogP) is 1.81. The van der Waals surface area contributed by atoms with E-state index < -0.39 is 4.92 Å². The van der Waals surface area contributed by atoms with Crippen LogP contribution in [0.1, 0.15) is 24.8 Å². The van der Waals surface area contributed by atoms with E-state index in [-0.39, 0.29) is 12.2 Å². The van der Waals surface area contributed by atoms with Crippen molar-refractivity contribution in [2.24, 2.45) is 16.6 Å². The molecule has 2 rings (SSSR count). The molecule has 0 aliphatic heterocycles. The van der Waals surface area contributed by atoms with Crippen molar-refractivity contribution in [3.8, 4) is 5.75 Å². The molecule has 1 aromatic rings. The van der Waals surface area contributed by atoms with E-state index in [0.29, 0.717) is 23.2 Å². The maximum atomic E-state index is 10.8. The zero-order valence-electron chi connectivity index (χ0n) is 12.0. The number of ether oxygens (including phenoxy) is 1. The first-order chi connectivity index (χ1) is 10.1. The van der Waals surface area contributed by atoms with Gasteiger partial charge in [-0.15, -0.1) is 0 Å². The molecular weight excluding hydrogens is 272 g/mol. The Morgan fingerprint density at radius 3 is 2.90 bits per heavy atom. The number of nitrogens with zero attached hydrogens (tertiary/aromatic N) is 2. The molecule has 21 heavy (non-hydrogen) atoms. The summed E-state index contributed by atoms with van der Waals surface area (Å²) < 4.78 is 5.18. The Labute approximate surface area is 123 Å². The number of methoxy groups -OCH3 is 1. The van der Waals surface area contributed by atoms with Crippen LogP contribution in [-0.4, -0.2) is 24.5 Å². The number of nitro groups is 1. The van der Waals surface area contributed by atoms with Crippen molar-refractivity contribution >= 4 is 11.6 Å². The summed E-state index contributed by atoms with van der Waals surface area (Å²) in [5.74, 6) is 1.61. The number of nitrogens with two attached hydrogens (primary N) is 1. The van der Waals surface area contributed by atoms with Crippen LogP contribution in [0.3, 0.4) is 0 Å². The summed E-state index contributed by atoms with van der Waals surface area (Å²) in [6.45, 7) is 1.08. The van der Waals surface area contributed by atoms with E-state index in [9.17, 15) is 10.1 Å². The average Bonchev–Trinajstić information content (AvgIpc) is 2.43. The highest BCUT2D eigenvalue weighted by molar-refractivity contribution is 5.77. The smallest absolute Gasteiger partial charge is 0.270 e. The summed E-state index contributed by atoms with van der Waals surface area (Å²) in [4.78, 5) is 14.6. The minimum Gasteiger partial charge on any atom is -0.496 e. The summed E-state index contributed by atoms with van der Waals surface area (Å²) in [6.07, 6.45) is 3.76. The summed E-state index contributed by atoms with van der Waals surface area (Å²) in [5.41, 5.74) is 6.46. The lowest BCUT2D eigenvalue weighted by Gasteiger charge is -2.25. The van der Waals surface area contributed by atoms with Crippen LogP contribution in [0.4, 0.5) is 5.69 Å². The first-order valence-corrected chi connectivity index (χ1v) is 6.95. The number of non-ortho nitro benzene ring substituents is 1. The van der Waals surface area contributed by atoms with Gasteiger partial charge in [-0.1, -0.05) is 6.42 Å². The molecule has 1 saturated carbocycles. The van der Waals surface area contributed by atoms with E-state index in [1.54, 1.807) is 6.07 Å². The van der Waals surface area contributed by atoms with Crippen LogP contribution >= 0.6 is 0 Å².